The molecule has 1 aliphatic carbocycles. The molecule has 0 heterocycles. The summed E-state index contributed by atoms with van der Waals surface area (Å²) in [7, 11) is 0. The molecule has 0 radical (unpaired) electrons. The summed E-state index contributed by atoms with van der Waals surface area (Å²) < 4.78 is 0. The normalized spacial score (nSPS) is 17.5. The molecule has 2 aromatic carbocycles. The van der Waals surface area contributed by atoms with Gasteiger partial charge < -0.3 is 5.73 Å². The lowest BCUT2D eigenvalue weighted by atomic mass is 9.89. The molecule has 19 heavy (non-hydrogen) atoms. The summed E-state index contributed by atoms with van der Waals surface area (Å²) in [5.41, 5.74) is 9.71. The molecule has 2 nitrogen and oxygen atoms in total. The smallest absolute Gasteiger partial charge is 0.193 e. The van der Waals surface area contributed by atoms with Crippen LogP contribution in [0.2, 0.25) is 0 Å². The van der Waals surface area contributed by atoms with E-state index in [2.05, 4.69) is 12.1 Å². The summed E-state index contributed by atoms with van der Waals surface area (Å²) in [6.45, 7) is 0.648. The maximum atomic E-state index is 12.6. The van der Waals surface area contributed by atoms with Crippen LogP contribution < -0.4 is 5.73 Å². The molecule has 0 unspecified atom stereocenters. The van der Waals surface area contributed by atoms with Crippen LogP contribution in [0.5, 0.6) is 0 Å². The van der Waals surface area contributed by atoms with Crippen molar-refractivity contribution in [1.29, 1.82) is 0 Å². The molecular weight excluding hydrogens is 234 g/mol. The summed E-state index contributed by atoms with van der Waals surface area (Å²) >= 11 is 0. The second kappa shape index (κ2) is 4.98. The number of hydrogen-bond donors (Lipinski definition) is 1. The van der Waals surface area contributed by atoms with Crippen molar-refractivity contribution in [3.63, 3.8) is 0 Å². The highest BCUT2D eigenvalue weighted by Crippen LogP contribution is 2.33. The Labute approximate surface area is 113 Å². The number of carbonyl (C=O) groups is 1. The third-order valence-electron chi connectivity index (χ3n) is 3.89. The molecule has 1 atom stereocenters. The number of rotatable bonds is 2. The zero-order valence-corrected chi connectivity index (χ0v) is 10.8. The molecule has 2 aromatic rings. The number of hydrogen-bond acceptors (Lipinski definition) is 2. The van der Waals surface area contributed by atoms with E-state index in [1.807, 2.05) is 36.4 Å². The fourth-order valence-electron chi connectivity index (χ4n) is 2.96. The van der Waals surface area contributed by atoms with Crippen molar-refractivity contribution in [3.8, 4) is 0 Å². The van der Waals surface area contributed by atoms with Gasteiger partial charge in [0.05, 0.1) is 0 Å². The van der Waals surface area contributed by atoms with Crippen LogP contribution in [0.1, 0.15) is 39.4 Å². The van der Waals surface area contributed by atoms with E-state index in [9.17, 15) is 4.79 Å². The molecule has 0 saturated heterocycles. The molecule has 0 aromatic heterocycles. The van der Waals surface area contributed by atoms with Gasteiger partial charge in [-0.3, -0.25) is 4.79 Å². The highest BCUT2D eigenvalue weighted by Gasteiger charge is 2.26. The lowest BCUT2D eigenvalue weighted by Gasteiger charge is -2.16. The quantitative estimate of drug-likeness (QED) is 0.891. The zero-order valence-electron chi connectivity index (χ0n) is 10.8. The largest absolute Gasteiger partial charge is 0.330 e. The predicted molar refractivity (Wildman–Crippen MR) is 76.4 cm³/mol. The highest BCUT2D eigenvalue weighted by atomic mass is 16.1. The van der Waals surface area contributed by atoms with E-state index < -0.39 is 0 Å². The van der Waals surface area contributed by atoms with Gasteiger partial charge in [-0.2, -0.15) is 0 Å². The number of fused-ring (bicyclic) bond motifs is 2. The lowest BCUT2D eigenvalue weighted by molar-refractivity contribution is 0.103. The van der Waals surface area contributed by atoms with Crippen molar-refractivity contribution in [2.75, 3.05) is 6.54 Å². The third kappa shape index (κ3) is 2.08. The Bertz CT molecular complexity index is 618. The first kappa shape index (κ1) is 12.1. The molecule has 0 fully saturated rings. The van der Waals surface area contributed by atoms with E-state index in [-0.39, 0.29) is 5.78 Å². The Morgan fingerprint density at radius 1 is 1.00 bits per heavy atom. The van der Waals surface area contributed by atoms with Gasteiger partial charge in [-0.15, -0.1) is 0 Å². The van der Waals surface area contributed by atoms with Crippen LogP contribution in [0.3, 0.4) is 0 Å². The summed E-state index contributed by atoms with van der Waals surface area (Å²) in [4.78, 5) is 12.6. The lowest BCUT2D eigenvalue weighted by Crippen LogP contribution is -2.10. The van der Waals surface area contributed by atoms with Gasteiger partial charge >= 0.3 is 0 Å². The highest BCUT2D eigenvalue weighted by molar-refractivity contribution is 6.11. The Morgan fingerprint density at radius 2 is 1.68 bits per heavy atom. The van der Waals surface area contributed by atoms with Gasteiger partial charge in [0.1, 0.15) is 0 Å². The number of ketones is 1. The van der Waals surface area contributed by atoms with Gasteiger partial charge in [0.15, 0.2) is 5.78 Å². The Hall–Kier alpha value is -1.93. The van der Waals surface area contributed by atoms with Gasteiger partial charge in [-0.1, -0.05) is 48.5 Å². The standard InChI is InChI=1S/C17H17NO/c18-10-9-13-11-12-5-1-2-7-15(12)17(19)16-8-4-3-6-14(13)16/h1-8,13H,9-11,18H2/t13-/m1/s1. The van der Waals surface area contributed by atoms with Crippen molar-refractivity contribution in [1.82, 2.24) is 0 Å². The first-order chi connectivity index (χ1) is 9.31. The van der Waals surface area contributed by atoms with Crippen LogP contribution in [0, 0.1) is 0 Å². The maximum Gasteiger partial charge on any atom is 0.193 e. The van der Waals surface area contributed by atoms with E-state index in [1.54, 1.807) is 0 Å². The second-order valence-corrected chi connectivity index (χ2v) is 5.05. The third-order valence-corrected chi connectivity index (χ3v) is 3.89. The summed E-state index contributed by atoms with van der Waals surface area (Å²) in [5, 5.41) is 0. The van der Waals surface area contributed by atoms with Crippen molar-refractivity contribution >= 4 is 5.78 Å². The molecule has 0 amide bonds. The van der Waals surface area contributed by atoms with Crippen LogP contribution in [0.25, 0.3) is 0 Å². The Kier molecular flexibility index (Phi) is 3.18. The van der Waals surface area contributed by atoms with Crippen LogP contribution in [-0.2, 0) is 6.42 Å². The average molecular weight is 251 g/mol. The van der Waals surface area contributed by atoms with E-state index >= 15 is 0 Å². The van der Waals surface area contributed by atoms with Gasteiger partial charge in [-0.25, -0.2) is 0 Å². The van der Waals surface area contributed by atoms with Crippen LogP contribution in [-0.4, -0.2) is 12.3 Å². The van der Waals surface area contributed by atoms with Crippen molar-refractivity contribution in [2.24, 2.45) is 5.73 Å². The number of benzene rings is 2. The molecule has 0 bridgehead atoms. The van der Waals surface area contributed by atoms with Gasteiger partial charge in [0.2, 0.25) is 0 Å². The monoisotopic (exact) mass is 251 g/mol. The predicted octanol–water partition coefficient (Wildman–Crippen LogP) is 2.91. The molecule has 0 saturated carbocycles. The Morgan fingerprint density at radius 3 is 2.47 bits per heavy atom. The second-order valence-electron chi connectivity index (χ2n) is 5.05. The van der Waals surface area contributed by atoms with E-state index in [0.717, 1.165) is 35.1 Å². The molecule has 2 N–H and O–H groups in total. The van der Waals surface area contributed by atoms with E-state index in [4.69, 9.17) is 5.73 Å². The fraction of sp³-hybridized carbons (Fsp3) is 0.235. The molecule has 96 valence electrons. The molecular formula is C17H17NO. The molecule has 3 rings (SSSR count). The average Bonchev–Trinajstić information content (AvgIpc) is 2.57. The van der Waals surface area contributed by atoms with Gasteiger partial charge in [-0.05, 0) is 36.4 Å². The van der Waals surface area contributed by atoms with E-state index in [0.29, 0.717) is 12.5 Å². The summed E-state index contributed by atoms with van der Waals surface area (Å²) in [5.74, 6) is 0.486. The minimum atomic E-state index is 0.144. The summed E-state index contributed by atoms with van der Waals surface area (Å²) in [6, 6.07) is 15.9. The molecule has 1 aliphatic rings. The van der Waals surface area contributed by atoms with Crippen LogP contribution >= 0.6 is 0 Å². The summed E-state index contributed by atoms with van der Waals surface area (Å²) in [6.07, 6.45) is 1.81. The number of nitrogens with two attached hydrogens (primary N) is 1. The van der Waals surface area contributed by atoms with Crippen molar-refractivity contribution in [3.05, 3.63) is 70.8 Å². The van der Waals surface area contributed by atoms with Crippen molar-refractivity contribution < 1.29 is 4.79 Å². The zero-order chi connectivity index (χ0) is 13.2. The van der Waals surface area contributed by atoms with Crippen molar-refractivity contribution in [2.45, 2.75) is 18.8 Å². The topological polar surface area (TPSA) is 43.1 Å². The maximum absolute atomic E-state index is 12.6. The van der Waals surface area contributed by atoms with E-state index in [1.165, 1.54) is 0 Å². The fourth-order valence-corrected chi connectivity index (χ4v) is 2.96. The first-order valence-corrected chi connectivity index (χ1v) is 6.73. The van der Waals surface area contributed by atoms with Crippen LogP contribution in [0.4, 0.5) is 0 Å². The number of carbonyl (C=O) groups excluding carboxylic acids is 1. The van der Waals surface area contributed by atoms with Gasteiger partial charge in [0.25, 0.3) is 0 Å². The van der Waals surface area contributed by atoms with Gasteiger partial charge in [0, 0.05) is 11.1 Å². The molecule has 0 aliphatic heterocycles. The van der Waals surface area contributed by atoms with Crippen LogP contribution in [0.15, 0.2) is 48.5 Å². The first-order valence-electron chi connectivity index (χ1n) is 6.73. The minimum absolute atomic E-state index is 0.144. The Balaban J connectivity index is 2.18. The molecule has 0 spiro atoms. The minimum Gasteiger partial charge on any atom is -0.330 e. The molecule has 2 heteroatoms. The SMILES string of the molecule is NCC[C@@H]1Cc2ccccc2C(=O)c2ccccc21.